The number of benzene rings is 2. The summed E-state index contributed by atoms with van der Waals surface area (Å²) in [6.07, 6.45) is -0.782. The minimum Gasteiger partial charge on any atom is -0.478 e. The van der Waals surface area contributed by atoms with Crippen molar-refractivity contribution < 1.29 is 29.3 Å². The molecule has 0 aliphatic heterocycles. The molecular weight excluding hydrogens is 315 g/mol. The molecular formula is C18H17FO5. The fourth-order valence-corrected chi connectivity index (χ4v) is 2.64. The molecule has 0 aromatic heterocycles. The van der Waals surface area contributed by atoms with Crippen LogP contribution in [0.25, 0.3) is 0 Å². The fourth-order valence-electron chi connectivity index (χ4n) is 2.64. The minimum absolute atomic E-state index is 0.0999. The van der Waals surface area contributed by atoms with Gasteiger partial charge in [-0.05, 0) is 49.1 Å². The molecule has 24 heavy (non-hydrogen) atoms. The summed E-state index contributed by atoms with van der Waals surface area (Å²) in [7, 11) is 0. The van der Waals surface area contributed by atoms with Crippen LogP contribution < -0.4 is 0 Å². The van der Waals surface area contributed by atoms with Crippen molar-refractivity contribution in [3.8, 4) is 0 Å². The second-order valence-electron chi connectivity index (χ2n) is 5.51. The van der Waals surface area contributed by atoms with Crippen molar-refractivity contribution in [1.29, 1.82) is 0 Å². The van der Waals surface area contributed by atoms with Crippen LogP contribution in [-0.2, 0) is 6.42 Å². The lowest BCUT2D eigenvalue weighted by molar-refractivity contribution is 0.0680. The fraction of sp³-hybridized carbons (Fsp3) is 0.222. The topological polar surface area (TPSA) is 94.8 Å². The molecule has 0 heterocycles. The largest absolute Gasteiger partial charge is 0.478 e. The first-order chi connectivity index (χ1) is 11.3. The molecule has 6 heteroatoms. The van der Waals surface area contributed by atoms with Crippen LogP contribution in [0.4, 0.5) is 4.39 Å². The Morgan fingerprint density at radius 1 is 1.04 bits per heavy atom. The van der Waals surface area contributed by atoms with E-state index in [0.717, 1.165) is 5.56 Å². The maximum Gasteiger partial charge on any atom is 0.336 e. The van der Waals surface area contributed by atoms with Crippen molar-refractivity contribution in [1.82, 2.24) is 0 Å². The standard InChI is InChI=1S/C18H17FO5/c1-10-2-8-13(17(21)22)16(15(10)18(23)24)14(20)9-5-11-3-6-12(19)7-4-11/h2-4,6-8,14,20H,5,9H2,1H3,(H,21,22)(H,23,24). The number of aromatic carboxylic acids is 2. The van der Waals surface area contributed by atoms with Gasteiger partial charge in [-0.2, -0.15) is 0 Å². The second-order valence-corrected chi connectivity index (χ2v) is 5.51. The Labute approximate surface area is 138 Å². The number of hydrogen-bond acceptors (Lipinski definition) is 3. The van der Waals surface area contributed by atoms with Crippen LogP contribution in [-0.4, -0.2) is 27.3 Å². The first-order valence-electron chi connectivity index (χ1n) is 7.34. The predicted molar refractivity (Wildman–Crippen MR) is 84.8 cm³/mol. The molecule has 5 nitrogen and oxygen atoms in total. The molecule has 1 atom stereocenters. The maximum atomic E-state index is 12.9. The Kier molecular flexibility index (Phi) is 5.31. The lowest BCUT2D eigenvalue weighted by Crippen LogP contribution is -2.16. The van der Waals surface area contributed by atoms with Crippen molar-refractivity contribution in [2.45, 2.75) is 25.9 Å². The third-order valence-corrected chi connectivity index (χ3v) is 3.85. The number of carboxylic acid groups (broad SMARTS) is 2. The molecule has 0 spiro atoms. The monoisotopic (exact) mass is 332 g/mol. The van der Waals surface area contributed by atoms with Crippen LogP contribution in [0.15, 0.2) is 36.4 Å². The van der Waals surface area contributed by atoms with Gasteiger partial charge in [-0.25, -0.2) is 14.0 Å². The van der Waals surface area contributed by atoms with E-state index < -0.39 is 18.0 Å². The van der Waals surface area contributed by atoms with Gasteiger partial charge >= 0.3 is 11.9 Å². The number of hydrogen-bond donors (Lipinski definition) is 3. The Bertz CT molecular complexity index is 768. The van der Waals surface area contributed by atoms with E-state index in [0.29, 0.717) is 12.0 Å². The molecule has 2 rings (SSSR count). The quantitative estimate of drug-likeness (QED) is 0.755. The number of aliphatic hydroxyl groups is 1. The summed E-state index contributed by atoms with van der Waals surface area (Å²) in [6.45, 7) is 1.55. The van der Waals surface area contributed by atoms with Crippen LogP contribution in [0, 0.1) is 12.7 Å². The van der Waals surface area contributed by atoms with Gasteiger partial charge in [0.25, 0.3) is 0 Å². The van der Waals surface area contributed by atoms with Gasteiger partial charge in [-0.1, -0.05) is 18.2 Å². The first-order valence-corrected chi connectivity index (χ1v) is 7.34. The van der Waals surface area contributed by atoms with Gasteiger partial charge in [0.2, 0.25) is 0 Å². The van der Waals surface area contributed by atoms with Gasteiger partial charge in [0.05, 0.1) is 17.2 Å². The Balaban J connectivity index is 2.34. The Morgan fingerprint density at radius 2 is 1.67 bits per heavy atom. The lowest BCUT2D eigenvalue weighted by Gasteiger charge is -2.18. The number of aliphatic hydroxyl groups excluding tert-OH is 1. The Hall–Kier alpha value is -2.73. The van der Waals surface area contributed by atoms with Gasteiger partial charge in [0.1, 0.15) is 5.82 Å². The molecule has 0 saturated heterocycles. The summed E-state index contributed by atoms with van der Waals surface area (Å²) in [4.78, 5) is 22.9. The maximum absolute atomic E-state index is 12.9. The van der Waals surface area contributed by atoms with E-state index in [-0.39, 0.29) is 28.9 Å². The van der Waals surface area contributed by atoms with E-state index in [1.54, 1.807) is 19.1 Å². The molecule has 2 aromatic rings. The van der Waals surface area contributed by atoms with Crippen molar-refractivity contribution in [2.24, 2.45) is 0 Å². The summed E-state index contributed by atoms with van der Waals surface area (Å²) in [5, 5.41) is 29.1. The highest BCUT2D eigenvalue weighted by Crippen LogP contribution is 2.29. The highest BCUT2D eigenvalue weighted by molar-refractivity contribution is 5.98. The van der Waals surface area contributed by atoms with Crippen molar-refractivity contribution in [2.75, 3.05) is 0 Å². The zero-order valence-corrected chi connectivity index (χ0v) is 13.0. The average molecular weight is 332 g/mol. The number of carbonyl (C=O) groups is 2. The zero-order valence-electron chi connectivity index (χ0n) is 13.0. The van der Waals surface area contributed by atoms with E-state index in [9.17, 15) is 29.3 Å². The number of rotatable bonds is 6. The summed E-state index contributed by atoms with van der Waals surface area (Å²) < 4.78 is 12.9. The predicted octanol–water partition coefficient (Wildman–Crippen LogP) is 3.20. The molecule has 0 aliphatic rings. The van der Waals surface area contributed by atoms with Gasteiger partial charge < -0.3 is 15.3 Å². The molecule has 0 radical (unpaired) electrons. The van der Waals surface area contributed by atoms with Crippen LogP contribution in [0.3, 0.4) is 0 Å². The summed E-state index contributed by atoms with van der Waals surface area (Å²) in [6, 6.07) is 8.41. The van der Waals surface area contributed by atoms with Crippen molar-refractivity contribution in [3.63, 3.8) is 0 Å². The zero-order chi connectivity index (χ0) is 17.9. The summed E-state index contributed by atoms with van der Waals surface area (Å²) in [5.74, 6) is -2.96. The normalized spacial score (nSPS) is 12.0. The van der Waals surface area contributed by atoms with E-state index in [4.69, 9.17) is 0 Å². The smallest absolute Gasteiger partial charge is 0.336 e. The van der Waals surface area contributed by atoms with Gasteiger partial charge in [0, 0.05) is 5.56 Å². The van der Waals surface area contributed by atoms with E-state index in [2.05, 4.69) is 0 Å². The van der Waals surface area contributed by atoms with Crippen LogP contribution in [0.5, 0.6) is 0 Å². The van der Waals surface area contributed by atoms with E-state index in [1.807, 2.05) is 0 Å². The van der Waals surface area contributed by atoms with E-state index in [1.165, 1.54) is 24.3 Å². The molecule has 2 aromatic carbocycles. The third kappa shape index (κ3) is 3.78. The molecule has 0 amide bonds. The molecule has 1 unspecified atom stereocenters. The summed E-state index contributed by atoms with van der Waals surface area (Å²) in [5.41, 5.74) is 0.614. The van der Waals surface area contributed by atoms with E-state index >= 15 is 0 Å². The highest BCUT2D eigenvalue weighted by atomic mass is 19.1. The minimum atomic E-state index is -1.30. The molecule has 0 bridgehead atoms. The third-order valence-electron chi connectivity index (χ3n) is 3.85. The van der Waals surface area contributed by atoms with Crippen molar-refractivity contribution in [3.05, 3.63) is 70.0 Å². The summed E-state index contributed by atoms with van der Waals surface area (Å²) >= 11 is 0. The van der Waals surface area contributed by atoms with Crippen LogP contribution in [0.2, 0.25) is 0 Å². The molecule has 0 saturated carbocycles. The molecule has 3 N–H and O–H groups in total. The van der Waals surface area contributed by atoms with Gasteiger partial charge in [-0.3, -0.25) is 0 Å². The Morgan fingerprint density at radius 3 is 2.21 bits per heavy atom. The number of aryl methyl sites for hydroxylation is 2. The number of halogens is 1. The van der Waals surface area contributed by atoms with Gasteiger partial charge in [-0.15, -0.1) is 0 Å². The van der Waals surface area contributed by atoms with Crippen molar-refractivity contribution >= 4 is 11.9 Å². The molecule has 126 valence electrons. The lowest BCUT2D eigenvalue weighted by atomic mass is 9.90. The molecule has 0 aliphatic carbocycles. The average Bonchev–Trinajstić information content (AvgIpc) is 2.53. The number of carboxylic acids is 2. The molecule has 0 fully saturated rings. The SMILES string of the molecule is Cc1ccc(C(=O)O)c(C(O)CCc2ccc(F)cc2)c1C(=O)O. The first kappa shape index (κ1) is 17.6. The van der Waals surface area contributed by atoms with Gasteiger partial charge in [0.15, 0.2) is 0 Å². The highest BCUT2D eigenvalue weighted by Gasteiger charge is 2.25. The van der Waals surface area contributed by atoms with Crippen LogP contribution >= 0.6 is 0 Å². The van der Waals surface area contributed by atoms with Crippen LogP contribution in [0.1, 0.15) is 49.9 Å². The second kappa shape index (κ2) is 7.23.